The standard InChI is InChI=1S/C14H23N3O/c1-5-17(10(2)3)9-14(18)16-13-7-6-12(15)8-11(13)4/h6-8,10H,5,9,15H2,1-4H3,(H,16,18). The van der Waals surface area contributed by atoms with E-state index in [0.29, 0.717) is 18.3 Å². The van der Waals surface area contributed by atoms with Gasteiger partial charge >= 0.3 is 0 Å². The number of anilines is 2. The monoisotopic (exact) mass is 249 g/mol. The summed E-state index contributed by atoms with van der Waals surface area (Å²) in [6.07, 6.45) is 0. The van der Waals surface area contributed by atoms with E-state index in [1.807, 2.05) is 19.1 Å². The molecule has 0 aliphatic rings. The SMILES string of the molecule is CCN(CC(=O)Nc1ccc(N)cc1C)C(C)C. The lowest BCUT2D eigenvalue weighted by Gasteiger charge is -2.24. The first-order valence-corrected chi connectivity index (χ1v) is 6.34. The maximum atomic E-state index is 11.9. The molecule has 4 nitrogen and oxygen atoms in total. The molecule has 0 aromatic heterocycles. The molecule has 0 atom stereocenters. The second-order valence-electron chi connectivity index (χ2n) is 4.78. The lowest BCUT2D eigenvalue weighted by molar-refractivity contribution is -0.117. The summed E-state index contributed by atoms with van der Waals surface area (Å²) in [7, 11) is 0. The number of hydrogen-bond acceptors (Lipinski definition) is 3. The molecule has 0 unspecified atom stereocenters. The zero-order valence-corrected chi connectivity index (χ0v) is 11.7. The highest BCUT2D eigenvalue weighted by Gasteiger charge is 2.12. The van der Waals surface area contributed by atoms with Crippen LogP contribution in [0, 0.1) is 6.92 Å². The fourth-order valence-electron chi connectivity index (χ4n) is 1.86. The van der Waals surface area contributed by atoms with Crippen molar-refractivity contribution in [2.24, 2.45) is 0 Å². The smallest absolute Gasteiger partial charge is 0.238 e. The van der Waals surface area contributed by atoms with Gasteiger partial charge in [0.25, 0.3) is 0 Å². The van der Waals surface area contributed by atoms with Crippen LogP contribution in [-0.2, 0) is 4.79 Å². The molecule has 0 heterocycles. The Morgan fingerprint density at radius 3 is 2.61 bits per heavy atom. The van der Waals surface area contributed by atoms with Crippen LogP contribution < -0.4 is 11.1 Å². The largest absolute Gasteiger partial charge is 0.399 e. The van der Waals surface area contributed by atoms with Crippen LogP contribution in [0.5, 0.6) is 0 Å². The molecule has 0 aliphatic heterocycles. The summed E-state index contributed by atoms with van der Waals surface area (Å²) in [5, 5.41) is 2.92. The Morgan fingerprint density at radius 2 is 2.11 bits per heavy atom. The van der Waals surface area contributed by atoms with Gasteiger partial charge in [-0.3, -0.25) is 9.69 Å². The predicted molar refractivity (Wildman–Crippen MR) is 76.6 cm³/mol. The van der Waals surface area contributed by atoms with E-state index in [1.165, 1.54) is 0 Å². The van der Waals surface area contributed by atoms with Crippen molar-refractivity contribution < 1.29 is 4.79 Å². The van der Waals surface area contributed by atoms with Crippen molar-refractivity contribution in [3.05, 3.63) is 23.8 Å². The maximum Gasteiger partial charge on any atom is 0.238 e. The summed E-state index contributed by atoms with van der Waals surface area (Å²) in [6.45, 7) is 9.45. The van der Waals surface area contributed by atoms with Crippen LogP contribution in [0.2, 0.25) is 0 Å². The molecule has 0 radical (unpaired) electrons. The fourth-order valence-corrected chi connectivity index (χ4v) is 1.86. The molecule has 1 aromatic rings. The highest BCUT2D eigenvalue weighted by Crippen LogP contribution is 2.17. The van der Waals surface area contributed by atoms with E-state index >= 15 is 0 Å². The number of carbonyl (C=O) groups excluding carboxylic acids is 1. The van der Waals surface area contributed by atoms with Crippen LogP contribution in [-0.4, -0.2) is 29.9 Å². The van der Waals surface area contributed by atoms with Gasteiger partial charge in [-0.1, -0.05) is 6.92 Å². The maximum absolute atomic E-state index is 11.9. The molecule has 4 heteroatoms. The average molecular weight is 249 g/mol. The number of nitrogens with two attached hydrogens (primary N) is 1. The third-order valence-corrected chi connectivity index (χ3v) is 3.01. The Kier molecular flexibility index (Phi) is 5.16. The van der Waals surface area contributed by atoms with Crippen molar-refractivity contribution >= 4 is 17.3 Å². The van der Waals surface area contributed by atoms with E-state index in [1.54, 1.807) is 6.07 Å². The van der Waals surface area contributed by atoms with Crippen molar-refractivity contribution in [1.82, 2.24) is 4.90 Å². The Bertz CT molecular complexity index is 416. The number of nitrogens with one attached hydrogen (secondary N) is 1. The number of likely N-dealkylation sites (N-methyl/N-ethyl adjacent to an activating group) is 1. The van der Waals surface area contributed by atoms with Crippen LogP contribution in [0.1, 0.15) is 26.3 Å². The van der Waals surface area contributed by atoms with Gasteiger partial charge in [-0.25, -0.2) is 0 Å². The molecule has 18 heavy (non-hydrogen) atoms. The van der Waals surface area contributed by atoms with Gasteiger partial charge in [-0.15, -0.1) is 0 Å². The molecule has 1 rings (SSSR count). The summed E-state index contributed by atoms with van der Waals surface area (Å²) in [6, 6.07) is 5.86. The van der Waals surface area contributed by atoms with Crippen LogP contribution >= 0.6 is 0 Å². The second-order valence-corrected chi connectivity index (χ2v) is 4.78. The van der Waals surface area contributed by atoms with Gasteiger partial charge in [0, 0.05) is 17.4 Å². The van der Waals surface area contributed by atoms with E-state index in [0.717, 1.165) is 17.8 Å². The number of hydrogen-bond donors (Lipinski definition) is 2. The van der Waals surface area contributed by atoms with Crippen molar-refractivity contribution in [2.75, 3.05) is 24.1 Å². The number of carbonyl (C=O) groups is 1. The zero-order chi connectivity index (χ0) is 13.7. The summed E-state index contributed by atoms with van der Waals surface area (Å²) in [5.41, 5.74) is 8.20. The van der Waals surface area contributed by atoms with E-state index in [2.05, 4.69) is 31.0 Å². The molecule has 0 aliphatic carbocycles. The molecule has 1 amide bonds. The quantitative estimate of drug-likeness (QED) is 0.787. The molecule has 0 bridgehead atoms. The lowest BCUT2D eigenvalue weighted by atomic mass is 10.2. The molecule has 0 saturated heterocycles. The summed E-state index contributed by atoms with van der Waals surface area (Å²) in [4.78, 5) is 14.1. The number of benzene rings is 1. The number of aryl methyl sites for hydroxylation is 1. The lowest BCUT2D eigenvalue weighted by Crippen LogP contribution is -2.37. The van der Waals surface area contributed by atoms with Crippen LogP contribution in [0.3, 0.4) is 0 Å². The molecular weight excluding hydrogens is 226 g/mol. The Morgan fingerprint density at radius 1 is 1.44 bits per heavy atom. The molecule has 0 spiro atoms. The first-order valence-electron chi connectivity index (χ1n) is 6.34. The molecule has 0 fully saturated rings. The Hall–Kier alpha value is -1.55. The first kappa shape index (κ1) is 14.5. The van der Waals surface area contributed by atoms with Crippen molar-refractivity contribution in [3.8, 4) is 0 Å². The van der Waals surface area contributed by atoms with Gasteiger partial charge in [0.1, 0.15) is 0 Å². The minimum atomic E-state index is 0.0124. The van der Waals surface area contributed by atoms with Crippen LogP contribution in [0.15, 0.2) is 18.2 Å². The number of amides is 1. The zero-order valence-electron chi connectivity index (χ0n) is 11.7. The number of rotatable bonds is 5. The molecule has 100 valence electrons. The first-order chi connectivity index (χ1) is 8.43. The van der Waals surface area contributed by atoms with Gasteiger partial charge in [-0.2, -0.15) is 0 Å². The molecule has 1 aromatic carbocycles. The van der Waals surface area contributed by atoms with Crippen molar-refractivity contribution in [1.29, 1.82) is 0 Å². The third kappa shape index (κ3) is 4.04. The van der Waals surface area contributed by atoms with Gasteiger partial charge in [0.15, 0.2) is 0 Å². The van der Waals surface area contributed by atoms with Crippen molar-refractivity contribution in [3.63, 3.8) is 0 Å². The third-order valence-electron chi connectivity index (χ3n) is 3.01. The molecular formula is C14H23N3O. The summed E-state index contributed by atoms with van der Waals surface area (Å²) < 4.78 is 0. The van der Waals surface area contributed by atoms with Crippen LogP contribution in [0.25, 0.3) is 0 Å². The topological polar surface area (TPSA) is 58.4 Å². The number of nitrogen functional groups attached to an aromatic ring is 1. The normalized spacial score (nSPS) is 11.0. The predicted octanol–water partition coefficient (Wildman–Crippen LogP) is 2.25. The summed E-state index contributed by atoms with van der Waals surface area (Å²) >= 11 is 0. The Labute approximate surface area is 109 Å². The minimum Gasteiger partial charge on any atom is -0.399 e. The minimum absolute atomic E-state index is 0.0124. The van der Waals surface area contributed by atoms with Gasteiger partial charge in [0.05, 0.1) is 6.54 Å². The average Bonchev–Trinajstić information content (AvgIpc) is 2.29. The van der Waals surface area contributed by atoms with Gasteiger partial charge in [-0.05, 0) is 51.1 Å². The molecule has 3 N–H and O–H groups in total. The highest BCUT2D eigenvalue weighted by atomic mass is 16.2. The fraction of sp³-hybridized carbons (Fsp3) is 0.500. The van der Waals surface area contributed by atoms with Gasteiger partial charge < -0.3 is 11.1 Å². The van der Waals surface area contributed by atoms with Crippen LogP contribution in [0.4, 0.5) is 11.4 Å². The van der Waals surface area contributed by atoms with E-state index in [-0.39, 0.29) is 5.91 Å². The second kappa shape index (κ2) is 6.40. The molecule has 0 saturated carbocycles. The van der Waals surface area contributed by atoms with E-state index < -0.39 is 0 Å². The van der Waals surface area contributed by atoms with E-state index in [4.69, 9.17) is 5.73 Å². The van der Waals surface area contributed by atoms with Crippen molar-refractivity contribution in [2.45, 2.75) is 33.7 Å². The number of nitrogens with zero attached hydrogens (tertiary/aromatic N) is 1. The highest BCUT2D eigenvalue weighted by molar-refractivity contribution is 5.93. The Balaban J connectivity index is 2.64. The van der Waals surface area contributed by atoms with Gasteiger partial charge in [0.2, 0.25) is 5.91 Å². The summed E-state index contributed by atoms with van der Waals surface area (Å²) in [5.74, 6) is 0.0124. The van der Waals surface area contributed by atoms with E-state index in [9.17, 15) is 4.79 Å².